The molecular weight excluding hydrogens is 336 g/mol. The Kier molecular flexibility index (Phi) is 5.55. The van der Waals surface area contributed by atoms with Gasteiger partial charge in [0.1, 0.15) is 0 Å². The van der Waals surface area contributed by atoms with Crippen LogP contribution in [0.3, 0.4) is 0 Å². The maximum absolute atomic E-state index is 12.1. The van der Waals surface area contributed by atoms with Gasteiger partial charge < -0.3 is 10.1 Å². The van der Waals surface area contributed by atoms with E-state index in [1.807, 2.05) is 81.4 Å². The van der Waals surface area contributed by atoms with Crippen LogP contribution in [-0.4, -0.2) is 10.9 Å². The van der Waals surface area contributed by atoms with Crippen LogP contribution in [0.4, 0.5) is 5.69 Å². The van der Waals surface area contributed by atoms with Crippen LogP contribution in [0.5, 0.6) is 5.88 Å². The molecule has 2 aromatic carbocycles. The first-order valence-electron chi connectivity index (χ1n) is 8.97. The Bertz CT molecular complexity index is 830. The number of aromatic nitrogens is 1. The van der Waals surface area contributed by atoms with Crippen LogP contribution in [-0.2, 0) is 4.79 Å². The first kappa shape index (κ1) is 18.6. The Morgan fingerprint density at radius 2 is 1.44 bits per heavy atom. The van der Waals surface area contributed by atoms with Crippen molar-refractivity contribution in [3.05, 3.63) is 90.1 Å². The molecule has 0 saturated carbocycles. The first-order valence-corrected chi connectivity index (χ1v) is 8.97. The topological polar surface area (TPSA) is 51.2 Å². The van der Waals surface area contributed by atoms with Gasteiger partial charge in [0.05, 0.1) is 11.9 Å². The number of hydrogen-bond acceptors (Lipinski definition) is 3. The minimum absolute atomic E-state index is 0.0515. The number of carbonyl (C=O) groups is 1. The maximum Gasteiger partial charge on any atom is 0.229 e. The standard InChI is InChI=1S/C23H24N2O2/c1-23(2,3)22(26)25-19-14-15-20(24-16-19)27-21(17-10-6-4-7-11-17)18-12-8-5-9-13-18/h4-16,21H,1-3H3,(H,25,26). The molecule has 0 radical (unpaired) electrons. The molecule has 0 aliphatic carbocycles. The van der Waals surface area contributed by atoms with Crippen molar-refractivity contribution in [3.63, 3.8) is 0 Å². The normalized spacial score (nSPS) is 11.3. The Labute approximate surface area is 160 Å². The Morgan fingerprint density at radius 3 is 1.89 bits per heavy atom. The van der Waals surface area contributed by atoms with Gasteiger partial charge in [0, 0.05) is 11.5 Å². The summed E-state index contributed by atoms with van der Waals surface area (Å²) in [7, 11) is 0. The van der Waals surface area contributed by atoms with E-state index in [-0.39, 0.29) is 12.0 Å². The van der Waals surface area contributed by atoms with Crippen LogP contribution in [0.25, 0.3) is 0 Å². The van der Waals surface area contributed by atoms with Crippen molar-refractivity contribution in [1.82, 2.24) is 4.98 Å². The van der Waals surface area contributed by atoms with Crippen LogP contribution in [0.15, 0.2) is 79.0 Å². The third-order valence-electron chi connectivity index (χ3n) is 4.12. The molecule has 138 valence electrons. The molecule has 3 aromatic rings. The van der Waals surface area contributed by atoms with Crippen LogP contribution < -0.4 is 10.1 Å². The summed E-state index contributed by atoms with van der Waals surface area (Å²) in [4.78, 5) is 16.5. The molecule has 0 aliphatic heterocycles. The number of nitrogens with zero attached hydrogens (tertiary/aromatic N) is 1. The van der Waals surface area contributed by atoms with Crippen molar-refractivity contribution in [3.8, 4) is 5.88 Å². The summed E-state index contributed by atoms with van der Waals surface area (Å²) in [6.45, 7) is 5.62. The number of anilines is 1. The van der Waals surface area contributed by atoms with Gasteiger partial charge in [-0.3, -0.25) is 4.79 Å². The lowest BCUT2D eigenvalue weighted by Crippen LogP contribution is -2.27. The van der Waals surface area contributed by atoms with Gasteiger partial charge in [-0.05, 0) is 17.2 Å². The second-order valence-electron chi connectivity index (χ2n) is 7.41. The third-order valence-corrected chi connectivity index (χ3v) is 4.12. The van der Waals surface area contributed by atoms with Crippen LogP contribution >= 0.6 is 0 Å². The highest BCUT2D eigenvalue weighted by molar-refractivity contribution is 5.94. The van der Waals surface area contributed by atoms with Gasteiger partial charge in [-0.15, -0.1) is 0 Å². The van der Waals surface area contributed by atoms with E-state index in [9.17, 15) is 4.79 Å². The lowest BCUT2D eigenvalue weighted by atomic mass is 9.96. The van der Waals surface area contributed by atoms with Gasteiger partial charge in [-0.25, -0.2) is 4.98 Å². The quantitative estimate of drug-likeness (QED) is 0.677. The molecule has 0 atom stereocenters. The highest BCUT2D eigenvalue weighted by atomic mass is 16.5. The molecule has 0 saturated heterocycles. The number of hydrogen-bond donors (Lipinski definition) is 1. The fraction of sp³-hybridized carbons (Fsp3) is 0.217. The van der Waals surface area contributed by atoms with Crippen molar-refractivity contribution in [2.45, 2.75) is 26.9 Å². The summed E-state index contributed by atoms with van der Waals surface area (Å²) < 4.78 is 6.19. The lowest BCUT2D eigenvalue weighted by molar-refractivity contribution is -0.123. The van der Waals surface area contributed by atoms with Crippen LogP contribution in [0.2, 0.25) is 0 Å². The Balaban J connectivity index is 1.80. The molecule has 4 heteroatoms. The summed E-state index contributed by atoms with van der Waals surface area (Å²) in [5.74, 6) is 0.450. The average molecular weight is 360 g/mol. The SMILES string of the molecule is CC(C)(C)C(=O)Nc1ccc(OC(c2ccccc2)c2ccccc2)nc1. The lowest BCUT2D eigenvalue weighted by Gasteiger charge is -2.20. The molecule has 1 aromatic heterocycles. The minimum Gasteiger partial charge on any atom is -0.465 e. The highest BCUT2D eigenvalue weighted by Gasteiger charge is 2.21. The second-order valence-corrected chi connectivity index (χ2v) is 7.41. The number of carbonyl (C=O) groups excluding carboxylic acids is 1. The number of amides is 1. The predicted molar refractivity (Wildman–Crippen MR) is 108 cm³/mol. The van der Waals surface area contributed by atoms with E-state index in [4.69, 9.17) is 4.74 Å². The zero-order valence-electron chi connectivity index (χ0n) is 15.8. The maximum atomic E-state index is 12.1. The number of rotatable bonds is 5. The summed E-state index contributed by atoms with van der Waals surface area (Å²) in [6.07, 6.45) is 1.36. The van der Waals surface area contributed by atoms with Gasteiger partial charge in [0.15, 0.2) is 6.10 Å². The number of nitrogens with one attached hydrogen (secondary N) is 1. The van der Waals surface area contributed by atoms with E-state index in [2.05, 4.69) is 10.3 Å². The third kappa shape index (κ3) is 4.94. The van der Waals surface area contributed by atoms with Crippen molar-refractivity contribution in [2.24, 2.45) is 5.41 Å². The fourth-order valence-corrected chi connectivity index (χ4v) is 2.55. The molecule has 0 bridgehead atoms. The number of pyridine rings is 1. The zero-order chi connectivity index (χ0) is 19.3. The minimum atomic E-state index is -0.457. The first-order chi connectivity index (χ1) is 12.9. The van der Waals surface area contributed by atoms with E-state index in [1.54, 1.807) is 18.3 Å². The van der Waals surface area contributed by atoms with Gasteiger partial charge in [0.25, 0.3) is 0 Å². The molecule has 0 fully saturated rings. The number of benzene rings is 2. The summed E-state index contributed by atoms with van der Waals surface area (Å²) in [5.41, 5.74) is 2.30. The molecule has 0 aliphatic rings. The smallest absolute Gasteiger partial charge is 0.229 e. The molecule has 3 rings (SSSR count). The van der Waals surface area contributed by atoms with E-state index in [0.717, 1.165) is 11.1 Å². The molecule has 27 heavy (non-hydrogen) atoms. The van der Waals surface area contributed by atoms with Gasteiger partial charge >= 0.3 is 0 Å². The monoisotopic (exact) mass is 360 g/mol. The van der Waals surface area contributed by atoms with Crippen molar-refractivity contribution >= 4 is 11.6 Å². The van der Waals surface area contributed by atoms with Crippen molar-refractivity contribution in [1.29, 1.82) is 0 Å². The van der Waals surface area contributed by atoms with Crippen LogP contribution in [0.1, 0.15) is 38.0 Å². The summed E-state index contributed by atoms with van der Waals surface area (Å²) in [5, 5.41) is 2.87. The van der Waals surface area contributed by atoms with Gasteiger partial charge in [-0.2, -0.15) is 0 Å². The van der Waals surface area contributed by atoms with Crippen molar-refractivity contribution in [2.75, 3.05) is 5.32 Å². The van der Waals surface area contributed by atoms with E-state index in [1.165, 1.54) is 0 Å². The molecule has 1 heterocycles. The molecule has 0 spiro atoms. The van der Waals surface area contributed by atoms with E-state index < -0.39 is 5.41 Å². The molecular formula is C23H24N2O2. The van der Waals surface area contributed by atoms with Crippen molar-refractivity contribution < 1.29 is 9.53 Å². The van der Waals surface area contributed by atoms with E-state index in [0.29, 0.717) is 11.6 Å². The van der Waals surface area contributed by atoms with Gasteiger partial charge in [-0.1, -0.05) is 81.4 Å². The summed E-state index contributed by atoms with van der Waals surface area (Å²) >= 11 is 0. The molecule has 4 nitrogen and oxygen atoms in total. The average Bonchev–Trinajstić information content (AvgIpc) is 2.68. The predicted octanol–water partition coefficient (Wildman–Crippen LogP) is 5.23. The fourth-order valence-electron chi connectivity index (χ4n) is 2.55. The number of ether oxygens (including phenoxy) is 1. The Hall–Kier alpha value is -3.14. The zero-order valence-corrected chi connectivity index (χ0v) is 15.8. The van der Waals surface area contributed by atoms with Crippen LogP contribution in [0, 0.1) is 5.41 Å². The second kappa shape index (κ2) is 8.04. The highest BCUT2D eigenvalue weighted by Crippen LogP contribution is 2.28. The molecule has 0 unspecified atom stereocenters. The molecule has 1 amide bonds. The van der Waals surface area contributed by atoms with Gasteiger partial charge in [0.2, 0.25) is 11.8 Å². The Morgan fingerprint density at radius 1 is 0.889 bits per heavy atom. The molecule has 1 N–H and O–H groups in total. The summed E-state index contributed by atoms with van der Waals surface area (Å²) in [6, 6.07) is 23.7. The van der Waals surface area contributed by atoms with E-state index >= 15 is 0 Å². The largest absolute Gasteiger partial charge is 0.465 e.